The third-order valence-electron chi connectivity index (χ3n) is 2.70. The molecule has 0 bridgehead atoms. The Morgan fingerprint density at radius 3 is 3.06 bits per heavy atom. The maximum absolute atomic E-state index is 5.79. The van der Waals surface area contributed by atoms with Crippen LogP contribution in [0.25, 0.3) is 0 Å². The zero-order chi connectivity index (χ0) is 11.9. The highest BCUT2D eigenvalue weighted by atomic mass is 16.5. The van der Waals surface area contributed by atoms with Gasteiger partial charge in [-0.2, -0.15) is 0 Å². The van der Waals surface area contributed by atoms with Crippen LogP contribution in [0.3, 0.4) is 0 Å². The van der Waals surface area contributed by atoms with Gasteiger partial charge in [-0.1, -0.05) is 30.0 Å². The van der Waals surface area contributed by atoms with Gasteiger partial charge in [0.2, 0.25) is 0 Å². The van der Waals surface area contributed by atoms with Gasteiger partial charge in [-0.15, -0.1) is 0 Å². The fraction of sp³-hybridized carbons (Fsp3) is 0.429. The Hall–Kier alpha value is -1.34. The highest BCUT2D eigenvalue weighted by Crippen LogP contribution is 2.14. The summed E-state index contributed by atoms with van der Waals surface area (Å²) in [4.78, 5) is 0. The topological polar surface area (TPSA) is 44.5 Å². The van der Waals surface area contributed by atoms with E-state index in [0.29, 0.717) is 19.8 Å². The molecule has 0 spiro atoms. The monoisotopic (exact) mass is 231 g/mol. The highest BCUT2D eigenvalue weighted by molar-refractivity contribution is 5.41. The third-order valence-corrected chi connectivity index (χ3v) is 2.70. The van der Waals surface area contributed by atoms with Gasteiger partial charge < -0.3 is 15.2 Å². The van der Waals surface area contributed by atoms with E-state index in [0.717, 1.165) is 24.2 Å². The van der Waals surface area contributed by atoms with Crippen LogP contribution in [0.4, 0.5) is 0 Å². The molecule has 2 N–H and O–H groups in total. The first kappa shape index (κ1) is 12.1. The minimum absolute atomic E-state index is 0.227. The van der Waals surface area contributed by atoms with Gasteiger partial charge >= 0.3 is 0 Å². The summed E-state index contributed by atoms with van der Waals surface area (Å²) in [6.45, 7) is 2.48. The van der Waals surface area contributed by atoms with Crippen LogP contribution in [-0.2, 0) is 16.1 Å². The second-order valence-electron chi connectivity index (χ2n) is 3.96. The number of nitrogens with two attached hydrogens (primary N) is 1. The number of ether oxygens (including phenoxy) is 2. The van der Waals surface area contributed by atoms with Crippen molar-refractivity contribution < 1.29 is 9.47 Å². The van der Waals surface area contributed by atoms with Gasteiger partial charge in [0.15, 0.2) is 0 Å². The summed E-state index contributed by atoms with van der Waals surface area (Å²) in [5, 5.41) is 0. The van der Waals surface area contributed by atoms with E-state index in [9.17, 15) is 0 Å². The fourth-order valence-corrected chi connectivity index (χ4v) is 1.77. The van der Waals surface area contributed by atoms with E-state index in [4.69, 9.17) is 15.2 Å². The van der Waals surface area contributed by atoms with Crippen LogP contribution in [0.5, 0.6) is 0 Å². The molecule has 0 radical (unpaired) electrons. The lowest BCUT2D eigenvalue weighted by Gasteiger charge is -2.10. The van der Waals surface area contributed by atoms with E-state index in [2.05, 4.69) is 11.8 Å². The smallest absolute Gasteiger partial charge is 0.0835 e. The summed E-state index contributed by atoms with van der Waals surface area (Å²) < 4.78 is 11.1. The van der Waals surface area contributed by atoms with Gasteiger partial charge in [-0.25, -0.2) is 0 Å². The van der Waals surface area contributed by atoms with Crippen LogP contribution in [0, 0.1) is 11.8 Å². The largest absolute Gasteiger partial charge is 0.379 e. The normalized spacial score (nSPS) is 18.8. The first-order valence-electron chi connectivity index (χ1n) is 5.86. The molecule has 1 unspecified atom stereocenters. The molecule has 17 heavy (non-hydrogen) atoms. The summed E-state index contributed by atoms with van der Waals surface area (Å²) in [7, 11) is 0. The maximum Gasteiger partial charge on any atom is 0.0835 e. The molecule has 1 atom stereocenters. The van der Waals surface area contributed by atoms with Crippen LogP contribution in [0.1, 0.15) is 17.5 Å². The minimum atomic E-state index is 0.227. The molecule has 1 heterocycles. The Kier molecular flexibility index (Phi) is 4.57. The van der Waals surface area contributed by atoms with E-state index >= 15 is 0 Å². The third kappa shape index (κ3) is 3.57. The minimum Gasteiger partial charge on any atom is -0.379 e. The van der Waals surface area contributed by atoms with Crippen LogP contribution >= 0.6 is 0 Å². The van der Waals surface area contributed by atoms with Gasteiger partial charge in [-0.3, -0.25) is 0 Å². The summed E-state index contributed by atoms with van der Waals surface area (Å²) in [6, 6.07) is 8.00. The molecule has 1 saturated heterocycles. The summed E-state index contributed by atoms with van der Waals surface area (Å²) in [5.41, 5.74) is 7.49. The molecule has 2 rings (SSSR count). The summed E-state index contributed by atoms with van der Waals surface area (Å²) in [5.74, 6) is 5.93. The fourth-order valence-electron chi connectivity index (χ4n) is 1.77. The van der Waals surface area contributed by atoms with E-state index in [1.165, 1.54) is 0 Å². The molecule has 90 valence electrons. The molecule has 1 aromatic carbocycles. The molecule has 0 aromatic heterocycles. The number of hydrogen-bond acceptors (Lipinski definition) is 3. The number of rotatable bonds is 3. The Balaban J connectivity index is 1.98. The number of hydrogen-bond donors (Lipinski definition) is 1. The Bertz CT molecular complexity index is 414. The second kappa shape index (κ2) is 6.41. The molecule has 1 aromatic rings. The van der Waals surface area contributed by atoms with Crippen LogP contribution in [-0.4, -0.2) is 25.9 Å². The molecule has 1 aliphatic rings. The van der Waals surface area contributed by atoms with Gasteiger partial charge in [0.05, 0.1) is 25.9 Å². The standard InChI is InChI=1S/C14H17NO2/c15-8-3-6-12-4-1-2-5-13(12)10-17-14-7-9-16-11-14/h1-2,4-5,14H,7-11,15H2. The van der Waals surface area contributed by atoms with Crippen molar-refractivity contribution in [3.8, 4) is 11.8 Å². The Morgan fingerprint density at radius 1 is 1.41 bits per heavy atom. The highest BCUT2D eigenvalue weighted by Gasteiger charge is 2.16. The van der Waals surface area contributed by atoms with Crippen molar-refractivity contribution in [2.75, 3.05) is 19.8 Å². The Labute approximate surface area is 102 Å². The molecule has 3 heteroatoms. The molecule has 3 nitrogen and oxygen atoms in total. The molecular formula is C14H17NO2. The molecule has 0 saturated carbocycles. The van der Waals surface area contributed by atoms with Gasteiger partial charge in [-0.05, 0) is 18.1 Å². The van der Waals surface area contributed by atoms with E-state index in [1.54, 1.807) is 0 Å². The predicted octanol–water partition coefficient (Wildman–Crippen LogP) is 1.30. The molecule has 1 aliphatic heterocycles. The SMILES string of the molecule is NCC#Cc1ccccc1COC1CCOC1. The zero-order valence-corrected chi connectivity index (χ0v) is 9.82. The van der Waals surface area contributed by atoms with Crippen molar-refractivity contribution in [2.24, 2.45) is 5.73 Å². The average molecular weight is 231 g/mol. The van der Waals surface area contributed by atoms with Crippen molar-refractivity contribution in [3.05, 3.63) is 35.4 Å². The van der Waals surface area contributed by atoms with Gasteiger partial charge in [0.1, 0.15) is 0 Å². The molecule has 0 aliphatic carbocycles. The lowest BCUT2D eigenvalue weighted by atomic mass is 10.1. The lowest BCUT2D eigenvalue weighted by Crippen LogP contribution is -2.12. The van der Waals surface area contributed by atoms with E-state index < -0.39 is 0 Å². The first-order chi connectivity index (χ1) is 8.40. The van der Waals surface area contributed by atoms with Gasteiger partial charge in [0, 0.05) is 12.2 Å². The lowest BCUT2D eigenvalue weighted by molar-refractivity contribution is 0.0317. The maximum atomic E-state index is 5.79. The molecule has 0 amide bonds. The summed E-state index contributed by atoms with van der Waals surface area (Å²) in [6.07, 6.45) is 1.21. The van der Waals surface area contributed by atoms with Crippen LogP contribution in [0.2, 0.25) is 0 Å². The van der Waals surface area contributed by atoms with Gasteiger partial charge in [0.25, 0.3) is 0 Å². The van der Waals surface area contributed by atoms with Crippen molar-refractivity contribution in [1.29, 1.82) is 0 Å². The van der Waals surface area contributed by atoms with Crippen LogP contribution in [0.15, 0.2) is 24.3 Å². The van der Waals surface area contributed by atoms with E-state index in [-0.39, 0.29) is 6.10 Å². The van der Waals surface area contributed by atoms with Crippen LogP contribution < -0.4 is 5.73 Å². The first-order valence-corrected chi connectivity index (χ1v) is 5.86. The number of benzene rings is 1. The Morgan fingerprint density at radius 2 is 2.29 bits per heavy atom. The van der Waals surface area contributed by atoms with Crippen molar-refractivity contribution in [3.63, 3.8) is 0 Å². The molecule has 1 fully saturated rings. The van der Waals surface area contributed by atoms with E-state index in [1.807, 2.05) is 24.3 Å². The van der Waals surface area contributed by atoms with Crippen molar-refractivity contribution in [2.45, 2.75) is 19.1 Å². The summed E-state index contributed by atoms with van der Waals surface area (Å²) >= 11 is 0. The average Bonchev–Trinajstić information content (AvgIpc) is 2.88. The predicted molar refractivity (Wildman–Crippen MR) is 66.4 cm³/mol. The quantitative estimate of drug-likeness (QED) is 0.798. The van der Waals surface area contributed by atoms with Crippen molar-refractivity contribution >= 4 is 0 Å². The molecular weight excluding hydrogens is 214 g/mol. The van der Waals surface area contributed by atoms with Crippen molar-refractivity contribution in [1.82, 2.24) is 0 Å². The zero-order valence-electron chi connectivity index (χ0n) is 9.82. The second-order valence-corrected chi connectivity index (χ2v) is 3.96.